The summed E-state index contributed by atoms with van der Waals surface area (Å²) >= 11 is 0. The number of carbonyl (C=O) groups is 4. The minimum Gasteiger partial charge on any atom is -0.491 e. The van der Waals surface area contributed by atoms with Crippen molar-refractivity contribution in [3.8, 4) is 5.75 Å². The van der Waals surface area contributed by atoms with Gasteiger partial charge in [-0.05, 0) is 36.4 Å². The van der Waals surface area contributed by atoms with Crippen LogP contribution in [0, 0.1) is 5.41 Å². The molecule has 0 aliphatic carbocycles. The largest absolute Gasteiger partial charge is 0.491 e. The standard InChI is InChI=1S/C21H24N4O5.C2HF3O2/c1-25(2)21(29)14-8-6-13(7-9-14)20(28)24-16(11-18(26)27)12-30-17-5-3-4-15(10-17)19(22)23;3-2(4,5)1(6)7/h3-10,16H,11-12H2,1-2H3,(H3,22,23)(H,24,28)(H,26,27);(H,6,7)/t16-;/m1./s1. The van der Waals surface area contributed by atoms with E-state index in [0.717, 1.165) is 0 Å². The average Bonchev–Trinajstić information content (AvgIpc) is 2.81. The summed E-state index contributed by atoms with van der Waals surface area (Å²) in [4.78, 5) is 45.9. The molecule has 0 radical (unpaired) electrons. The Balaban J connectivity index is 0.000000856. The number of aliphatic carboxylic acids is 2. The number of carbonyl (C=O) groups excluding carboxylic acids is 2. The highest BCUT2D eigenvalue weighted by atomic mass is 19.4. The van der Waals surface area contributed by atoms with E-state index in [1.54, 1.807) is 38.4 Å². The maximum Gasteiger partial charge on any atom is 0.490 e. The smallest absolute Gasteiger partial charge is 0.490 e. The highest BCUT2D eigenvalue weighted by Crippen LogP contribution is 2.14. The molecule has 0 bridgehead atoms. The molecule has 2 aromatic carbocycles. The number of rotatable bonds is 9. The van der Waals surface area contributed by atoms with E-state index < -0.39 is 30.1 Å². The van der Waals surface area contributed by atoms with Gasteiger partial charge in [-0.2, -0.15) is 13.2 Å². The molecule has 2 rings (SSSR count). The van der Waals surface area contributed by atoms with Crippen LogP contribution in [0.4, 0.5) is 13.2 Å². The number of nitrogens with one attached hydrogen (secondary N) is 2. The number of nitrogens with two attached hydrogens (primary N) is 1. The van der Waals surface area contributed by atoms with Crippen LogP contribution in [-0.4, -0.2) is 77.6 Å². The van der Waals surface area contributed by atoms with Gasteiger partial charge in [-0.25, -0.2) is 4.79 Å². The summed E-state index contributed by atoms with van der Waals surface area (Å²) in [6.07, 6.45) is -5.42. The summed E-state index contributed by atoms with van der Waals surface area (Å²) in [6.45, 7) is -0.0867. The summed E-state index contributed by atoms with van der Waals surface area (Å²) in [7, 11) is 3.26. The maximum absolute atomic E-state index is 12.5. The maximum atomic E-state index is 12.5. The molecule has 0 unspecified atom stereocenters. The molecule has 2 amide bonds. The predicted octanol–water partition coefficient (Wildman–Crippen LogP) is 1.96. The lowest BCUT2D eigenvalue weighted by atomic mass is 10.1. The number of benzene rings is 2. The molecule has 0 saturated heterocycles. The van der Waals surface area contributed by atoms with Crippen molar-refractivity contribution in [2.45, 2.75) is 18.6 Å². The Hall–Kier alpha value is -4.62. The highest BCUT2D eigenvalue weighted by Gasteiger charge is 2.38. The number of nitrogen functional groups attached to an aromatic ring is 1. The number of halogens is 3. The van der Waals surface area contributed by atoms with Gasteiger partial charge in [-0.1, -0.05) is 12.1 Å². The number of alkyl halides is 3. The van der Waals surface area contributed by atoms with Crippen LogP contribution < -0.4 is 15.8 Å². The van der Waals surface area contributed by atoms with Crippen LogP contribution in [0.2, 0.25) is 0 Å². The quantitative estimate of drug-likeness (QED) is 0.243. The van der Waals surface area contributed by atoms with Crippen molar-refractivity contribution in [3.63, 3.8) is 0 Å². The first kappa shape index (κ1) is 30.4. The molecule has 6 N–H and O–H groups in total. The lowest BCUT2D eigenvalue weighted by Crippen LogP contribution is -2.40. The number of carboxylic acids is 2. The Labute approximate surface area is 209 Å². The zero-order valence-electron chi connectivity index (χ0n) is 19.7. The lowest BCUT2D eigenvalue weighted by molar-refractivity contribution is -0.192. The van der Waals surface area contributed by atoms with Crippen molar-refractivity contribution < 1.29 is 47.3 Å². The summed E-state index contributed by atoms with van der Waals surface area (Å²) in [5, 5.41) is 26.4. The van der Waals surface area contributed by atoms with Crippen LogP contribution in [0.25, 0.3) is 0 Å². The number of hydrogen-bond acceptors (Lipinski definition) is 6. The highest BCUT2D eigenvalue weighted by molar-refractivity contribution is 5.98. The second kappa shape index (κ2) is 13.5. The van der Waals surface area contributed by atoms with Crippen LogP contribution in [0.3, 0.4) is 0 Å². The van der Waals surface area contributed by atoms with Crippen molar-refractivity contribution >= 4 is 29.6 Å². The van der Waals surface area contributed by atoms with Gasteiger partial charge in [0.15, 0.2) is 0 Å². The molecule has 1 atom stereocenters. The third kappa shape index (κ3) is 10.7. The molecule has 0 heterocycles. The van der Waals surface area contributed by atoms with E-state index in [0.29, 0.717) is 22.4 Å². The molecule has 11 nitrogen and oxygen atoms in total. The summed E-state index contributed by atoms with van der Waals surface area (Å²) in [5.41, 5.74) is 6.65. The van der Waals surface area contributed by atoms with E-state index in [4.69, 9.17) is 30.9 Å². The van der Waals surface area contributed by atoms with E-state index in [2.05, 4.69) is 5.32 Å². The van der Waals surface area contributed by atoms with E-state index in [1.807, 2.05) is 0 Å². The second-order valence-electron chi connectivity index (χ2n) is 7.60. The van der Waals surface area contributed by atoms with Crippen LogP contribution in [0.15, 0.2) is 48.5 Å². The molecule has 37 heavy (non-hydrogen) atoms. The normalized spacial score (nSPS) is 11.3. The molecule has 0 saturated carbocycles. The fourth-order valence-corrected chi connectivity index (χ4v) is 2.60. The van der Waals surface area contributed by atoms with Gasteiger partial charge in [0, 0.05) is 30.8 Å². The first-order valence-corrected chi connectivity index (χ1v) is 10.3. The summed E-state index contributed by atoms with van der Waals surface area (Å²) in [5.74, 6) is -4.23. The summed E-state index contributed by atoms with van der Waals surface area (Å²) < 4.78 is 37.3. The van der Waals surface area contributed by atoms with Crippen molar-refractivity contribution in [3.05, 3.63) is 65.2 Å². The van der Waals surface area contributed by atoms with E-state index in [-0.39, 0.29) is 24.8 Å². The third-order valence-electron chi connectivity index (χ3n) is 4.40. The predicted molar refractivity (Wildman–Crippen MR) is 125 cm³/mol. The van der Waals surface area contributed by atoms with Gasteiger partial charge in [-0.3, -0.25) is 19.8 Å². The Morgan fingerprint density at radius 3 is 2.03 bits per heavy atom. The first-order chi connectivity index (χ1) is 17.1. The average molecular weight is 526 g/mol. The fourth-order valence-electron chi connectivity index (χ4n) is 2.60. The number of amides is 2. The van der Waals surface area contributed by atoms with Crippen LogP contribution in [0.1, 0.15) is 32.7 Å². The zero-order chi connectivity index (χ0) is 28.3. The van der Waals surface area contributed by atoms with Gasteiger partial charge in [0.1, 0.15) is 18.2 Å². The molecule has 0 fully saturated rings. The Bertz CT molecular complexity index is 1140. The molecule has 0 aliphatic rings. The SMILES string of the molecule is CN(C)C(=O)c1ccc(C(=O)N[C@@H](COc2cccc(C(=N)N)c2)CC(=O)O)cc1.O=C(O)C(F)(F)F. The number of nitrogens with zero attached hydrogens (tertiary/aromatic N) is 1. The lowest BCUT2D eigenvalue weighted by Gasteiger charge is -2.18. The second-order valence-corrected chi connectivity index (χ2v) is 7.60. The first-order valence-electron chi connectivity index (χ1n) is 10.3. The van der Waals surface area contributed by atoms with Crippen molar-refractivity contribution in [1.82, 2.24) is 10.2 Å². The minimum absolute atomic E-state index is 0.0867. The molecular formula is C23H25F3N4O7. The number of ether oxygens (including phenoxy) is 1. The molecule has 2 aromatic rings. The van der Waals surface area contributed by atoms with Gasteiger partial charge >= 0.3 is 18.1 Å². The van der Waals surface area contributed by atoms with Crippen molar-refractivity contribution in [1.29, 1.82) is 5.41 Å². The Morgan fingerprint density at radius 1 is 1.03 bits per heavy atom. The Morgan fingerprint density at radius 2 is 1.57 bits per heavy atom. The molecule has 14 heteroatoms. The number of hydrogen-bond donors (Lipinski definition) is 5. The molecule has 0 aliphatic heterocycles. The van der Waals surface area contributed by atoms with Gasteiger partial charge < -0.3 is 30.9 Å². The monoisotopic (exact) mass is 526 g/mol. The molecule has 0 spiro atoms. The number of amidine groups is 1. The van der Waals surface area contributed by atoms with Crippen LogP contribution >= 0.6 is 0 Å². The van der Waals surface area contributed by atoms with E-state index in [1.165, 1.54) is 29.2 Å². The fraction of sp³-hybridized carbons (Fsp3) is 0.261. The van der Waals surface area contributed by atoms with Gasteiger partial charge in [0.25, 0.3) is 11.8 Å². The Kier molecular flexibility index (Phi) is 11.1. The van der Waals surface area contributed by atoms with Crippen LogP contribution in [0.5, 0.6) is 5.75 Å². The minimum atomic E-state index is -5.08. The topological polar surface area (TPSA) is 183 Å². The van der Waals surface area contributed by atoms with Gasteiger partial charge in [0.2, 0.25) is 0 Å². The molecular weight excluding hydrogens is 501 g/mol. The van der Waals surface area contributed by atoms with E-state index in [9.17, 15) is 27.6 Å². The zero-order valence-corrected chi connectivity index (χ0v) is 19.7. The van der Waals surface area contributed by atoms with Gasteiger partial charge in [0.05, 0.1) is 12.5 Å². The molecule has 200 valence electrons. The number of carboxylic acid groups (broad SMARTS) is 2. The van der Waals surface area contributed by atoms with Gasteiger partial charge in [-0.15, -0.1) is 0 Å². The molecule has 0 aromatic heterocycles. The summed E-state index contributed by atoms with van der Waals surface area (Å²) in [6, 6.07) is 11.8. The van der Waals surface area contributed by atoms with Crippen LogP contribution in [-0.2, 0) is 9.59 Å². The van der Waals surface area contributed by atoms with Crippen molar-refractivity contribution in [2.24, 2.45) is 5.73 Å². The third-order valence-corrected chi connectivity index (χ3v) is 4.40. The van der Waals surface area contributed by atoms with E-state index >= 15 is 0 Å². The van der Waals surface area contributed by atoms with Crippen molar-refractivity contribution in [2.75, 3.05) is 20.7 Å².